The van der Waals surface area contributed by atoms with Crippen LogP contribution in [-0.2, 0) is 0 Å². The van der Waals surface area contributed by atoms with Gasteiger partial charge >= 0.3 is 0 Å². The fraction of sp³-hybridized carbons (Fsp3) is 0.500. The molecule has 6 heteroatoms. The van der Waals surface area contributed by atoms with Gasteiger partial charge < -0.3 is 20.8 Å². The maximum absolute atomic E-state index is 11.9. The van der Waals surface area contributed by atoms with Gasteiger partial charge in [-0.2, -0.15) is 0 Å². The summed E-state index contributed by atoms with van der Waals surface area (Å²) in [6, 6.07) is 10.9. The highest BCUT2D eigenvalue weighted by Gasteiger charge is 2.01. The van der Waals surface area contributed by atoms with Crippen molar-refractivity contribution in [1.29, 1.82) is 0 Å². The molecule has 0 unspecified atom stereocenters. The molecule has 2 N–H and O–H groups in total. The van der Waals surface area contributed by atoms with E-state index in [1.165, 1.54) is 0 Å². The average Bonchev–Trinajstić information content (AvgIpc) is 2.81. The molecule has 0 amide bonds. The number of benzene rings is 2. The van der Waals surface area contributed by atoms with Crippen molar-refractivity contribution in [3.8, 4) is 11.5 Å². The Balaban J connectivity index is 1.50. The topological polar surface area (TPSA) is 94.9 Å². The Morgan fingerprint density at radius 2 is 1.09 bits per heavy atom. The molecule has 2 aromatic carbocycles. The van der Waals surface area contributed by atoms with Crippen LogP contribution in [0.2, 0.25) is 0 Å². The first-order valence-corrected chi connectivity index (χ1v) is 12.4. The highest BCUT2D eigenvalue weighted by molar-refractivity contribution is 5.84. The van der Waals surface area contributed by atoms with Crippen molar-refractivity contribution >= 4 is 12.4 Å². The monoisotopic (exact) mass is 464 g/mol. The summed E-state index contributed by atoms with van der Waals surface area (Å²) in [6.07, 6.45) is 5.28. The lowest BCUT2D eigenvalue weighted by atomic mass is 10.0. The molecule has 34 heavy (non-hydrogen) atoms. The first-order valence-electron chi connectivity index (χ1n) is 12.4. The van der Waals surface area contributed by atoms with Gasteiger partial charge in [0.15, 0.2) is 0 Å². The fourth-order valence-electron chi connectivity index (χ4n) is 3.40. The van der Waals surface area contributed by atoms with Gasteiger partial charge in [0.25, 0.3) is 0 Å². The van der Waals surface area contributed by atoms with E-state index in [1.54, 1.807) is 24.6 Å². The van der Waals surface area contributed by atoms with Gasteiger partial charge in [-0.1, -0.05) is 64.1 Å². The second kappa shape index (κ2) is 15.3. The molecule has 0 aromatic heterocycles. The predicted molar refractivity (Wildman–Crippen MR) is 140 cm³/mol. The molecule has 6 nitrogen and oxygen atoms in total. The average molecular weight is 465 g/mol. The third-order valence-corrected chi connectivity index (χ3v) is 5.62. The predicted octanol–water partition coefficient (Wildman–Crippen LogP) is 3.58. The number of nitrogens with zero attached hydrogens (tertiary/aromatic N) is 2. The Hall–Kier alpha value is -2.70. The van der Waals surface area contributed by atoms with Crippen LogP contribution < -0.4 is 20.8 Å². The number of hydrogen-bond acceptors (Lipinski definition) is 6. The molecule has 0 aliphatic heterocycles. The summed E-state index contributed by atoms with van der Waals surface area (Å²) in [5.41, 5.74) is 3.67. The van der Waals surface area contributed by atoms with E-state index in [1.807, 2.05) is 24.3 Å². The highest BCUT2D eigenvalue weighted by atomic mass is 16.3. The van der Waals surface area contributed by atoms with Crippen LogP contribution in [0.1, 0.15) is 74.6 Å². The maximum Gasteiger partial charge on any atom is 0.0401 e. The summed E-state index contributed by atoms with van der Waals surface area (Å²) in [5, 5.41) is 30.7. The summed E-state index contributed by atoms with van der Waals surface area (Å²) < 4.78 is 0. The van der Waals surface area contributed by atoms with Gasteiger partial charge in [0, 0.05) is 38.6 Å². The van der Waals surface area contributed by atoms with E-state index in [-0.39, 0.29) is 11.5 Å². The van der Waals surface area contributed by atoms with Gasteiger partial charge in [-0.05, 0) is 60.0 Å². The summed E-state index contributed by atoms with van der Waals surface area (Å²) >= 11 is 0. The zero-order chi connectivity index (χ0) is 24.8. The van der Waals surface area contributed by atoms with E-state index < -0.39 is 0 Å². The Morgan fingerprint density at radius 1 is 0.676 bits per heavy atom. The van der Waals surface area contributed by atoms with E-state index in [9.17, 15) is 10.2 Å². The van der Waals surface area contributed by atoms with Crippen LogP contribution >= 0.6 is 0 Å². The maximum atomic E-state index is 11.9. The Bertz CT molecular complexity index is 847. The first kappa shape index (κ1) is 27.5. The van der Waals surface area contributed by atoms with Gasteiger partial charge in [0.1, 0.15) is 0 Å². The van der Waals surface area contributed by atoms with E-state index in [0.717, 1.165) is 50.1 Å². The normalized spacial score (nSPS) is 12.1. The van der Waals surface area contributed by atoms with Crippen molar-refractivity contribution in [2.75, 3.05) is 39.3 Å². The van der Waals surface area contributed by atoms with Crippen molar-refractivity contribution in [2.24, 2.45) is 9.98 Å². The molecule has 0 fully saturated rings. The fourth-order valence-corrected chi connectivity index (χ4v) is 3.40. The molecule has 2 rings (SSSR count). The molecule has 0 aliphatic rings. The standard InChI is InChI=1S/C28H42N4O2/c1-21(2)23-7-9-27(33)25(17-23)19-31-13-5-11-29-15-16-30-12-6-14-32-20-26-18-24(22(3)4)8-10-28(26)34/h7-10,17-22,29-30,33-34H,5-6,11-16H2,1-4H3/p-2. The summed E-state index contributed by atoms with van der Waals surface area (Å²) in [5.74, 6) is 0.854. The number of nitrogens with one attached hydrogen (secondary N) is 2. The number of aliphatic imine (C=N–C) groups is 2. The van der Waals surface area contributed by atoms with Gasteiger partial charge in [0.05, 0.1) is 0 Å². The van der Waals surface area contributed by atoms with Gasteiger partial charge in [-0.15, -0.1) is 11.5 Å². The smallest absolute Gasteiger partial charge is 0.0401 e. The zero-order valence-corrected chi connectivity index (χ0v) is 21.1. The second-order valence-electron chi connectivity index (χ2n) is 9.18. The Kier molecular flexibility index (Phi) is 12.4. The molecule has 0 bridgehead atoms. The van der Waals surface area contributed by atoms with Gasteiger partial charge in [-0.3, -0.25) is 9.98 Å². The molecule has 0 radical (unpaired) electrons. The van der Waals surface area contributed by atoms with Crippen molar-refractivity contribution in [2.45, 2.75) is 52.4 Å². The number of hydrogen-bond donors (Lipinski definition) is 2. The van der Waals surface area contributed by atoms with Crippen molar-refractivity contribution < 1.29 is 10.2 Å². The van der Waals surface area contributed by atoms with Crippen LogP contribution in [-0.4, -0.2) is 51.7 Å². The molecule has 0 atom stereocenters. The van der Waals surface area contributed by atoms with Crippen LogP contribution in [0.25, 0.3) is 0 Å². The summed E-state index contributed by atoms with van der Waals surface area (Å²) in [7, 11) is 0. The van der Waals surface area contributed by atoms with Crippen LogP contribution in [0.4, 0.5) is 0 Å². The molecule has 0 heterocycles. The van der Waals surface area contributed by atoms with E-state index in [2.05, 4.69) is 48.3 Å². The molecule has 0 spiro atoms. The molecule has 2 aromatic rings. The minimum atomic E-state index is 0.0264. The molecule has 0 saturated carbocycles. The van der Waals surface area contributed by atoms with E-state index in [0.29, 0.717) is 36.1 Å². The highest BCUT2D eigenvalue weighted by Crippen LogP contribution is 2.21. The van der Waals surface area contributed by atoms with E-state index >= 15 is 0 Å². The molecule has 186 valence electrons. The van der Waals surface area contributed by atoms with Gasteiger partial charge in [0.2, 0.25) is 0 Å². The molecular weight excluding hydrogens is 424 g/mol. The van der Waals surface area contributed by atoms with Crippen molar-refractivity contribution in [3.05, 3.63) is 58.7 Å². The summed E-state index contributed by atoms with van der Waals surface area (Å²) in [6.45, 7) is 13.5. The molecule has 0 saturated heterocycles. The van der Waals surface area contributed by atoms with E-state index in [4.69, 9.17) is 0 Å². The van der Waals surface area contributed by atoms with Crippen LogP contribution in [0.5, 0.6) is 11.5 Å². The Labute approximate surface area is 205 Å². The van der Waals surface area contributed by atoms with Crippen LogP contribution in [0.15, 0.2) is 46.4 Å². The van der Waals surface area contributed by atoms with Crippen molar-refractivity contribution in [3.63, 3.8) is 0 Å². The lowest BCUT2D eigenvalue weighted by Gasteiger charge is -2.13. The van der Waals surface area contributed by atoms with Crippen LogP contribution in [0.3, 0.4) is 0 Å². The third-order valence-electron chi connectivity index (χ3n) is 5.62. The molecular formula is C28H40N4O2-2. The lowest BCUT2D eigenvalue weighted by Crippen LogP contribution is -2.29. The third kappa shape index (κ3) is 10.1. The Morgan fingerprint density at radius 3 is 1.47 bits per heavy atom. The first-order chi connectivity index (χ1) is 16.4. The molecule has 0 aliphatic carbocycles. The minimum Gasteiger partial charge on any atom is -0.872 e. The quantitative estimate of drug-likeness (QED) is 0.311. The number of rotatable bonds is 15. The largest absolute Gasteiger partial charge is 0.872 e. The minimum absolute atomic E-state index is 0.0264. The van der Waals surface area contributed by atoms with Crippen molar-refractivity contribution in [1.82, 2.24) is 10.6 Å². The van der Waals surface area contributed by atoms with Crippen LogP contribution in [0, 0.1) is 0 Å². The lowest BCUT2D eigenvalue weighted by molar-refractivity contribution is -0.269. The summed E-state index contributed by atoms with van der Waals surface area (Å²) in [4.78, 5) is 8.81. The SMILES string of the molecule is CC(C)c1ccc([O-])c(C=NCCCNCCNCCCN=Cc2cc(C(C)C)ccc2[O-])c1. The zero-order valence-electron chi connectivity index (χ0n) is 21.1. The second-order valence-corrected chi connectivity index (χ2v) is 9.18. The van der Waals surface area contributed by atoms with Gasteiger partial charge in [-0.25, -0.2) is 0 Å².